The van der Waals surface area contributed by atoms with Gasteiger partial charge in [-0.25, -0.2) is 0 Å². The van der Waals surface area contributed by atoms with E-state index in [9.17, 15) is 9.59 Å². The fourth-order valence-corrected chi connectivity index (χ4v) is 4.00. The van der Waals surface area contributed by atoms with Crippen molar-refractivity contribution in [1.29, 1.82) is 0 Å². The van der Waals surface area contributed by atoms with Crippen molar-refractivity contribution >= 4 is 22.6 Å². The highest BCUT2D eigenvalue weighted by Gasteiger charge is 2.59. The zero-order chi connectivity index (χ0) is 17.4. The van der Waals surface area contributed by atoms with Crippen LogP contribution in [0.25, 0.3) is 10.8 Å². The molecule has 1 spiro atoms. The molecule has 2 aromatic rings. The molecule has 1 unspecified atom stereocenters. The Balaban J connectivity index is 1.35. The third kappa shape index (κ3) is 2.95. The Labute approximate surface area is 146 Å². The van der Waals surface area contributed by atoms with E-state index >= 15 is 0 Å². The summed E-state index contributed by atoms with van der Waals surface area (Å²) in [4.78, 5) is 25.4. The van der Waals surface area contributed by atoms with Gasteiger partial charge in [0.25, 0.3) is 5.91 Å². The van der Waals surface area contributed by atoms with Crippen LogP contribution in [0, 0.1) is 11.3 Å². The lowest BCUT2D eigenvalue weighted by Crippen LogP contribution is -2.42. The molecule has 1 saturated carbocycles. The second-order valence-electron chi connectivity index (χ2n) is 7.10. The first-order chi connectivity index (χ1) is 12.1. The number of nitrogens with zero attached hydrogens (tertiary/aromatic N) is 1. The zero-order valence-electron chi connectivity index (χ0n) is 14.0. The fourth-order valence-electron chi connectivity index (χ4n) is 4.00. The maximum absolute atomic E-state index is 12.4. The Kier molecular flexibility index (Phi) is 3.86. The largest absolute Gasteiger partial charge is 0.483 e. The summed E-state index contributed by atoms with van der Waals surface area (Å²) in [6.07, 6.45) is 2.32. The van der Waals surface area contributed by atoms with Gasteiger partial charge in [0.05, 0.1) is 5.92 Å². The first-order valence-electron chi connectivity index (χ1n) is 8.70. The molecular formula is C20H21NO4. The van der Waals surface area contributed by atoms with E-state index < -0.39 is 5.97 Å². The molecule has 2 aliphatic rings. The molecule has 0 aromatic heterocycles. The summed E-state index contributed by atoms with van der Waals surface area (Å²) in [5.41, 5.74) is -0.0564. The third-order valence-corrected chi connectivity index (χ3v) is 5.70. The van der Waals surface area contributed by atoms with Crippen LogP contribution in [0.4, 0.5) is 0 Å². The maximum Gasteiger partial charge on any atom is 0.307 e. The van der Waals surface area contributed by atoms with E-state index in [1.165, 1.54) is 0 Å². The number of likely N-dealkylation sites (tertiary alicyclic amines) is 1. The van der Waals surface area contributed by atoms with Gasteiger partial charge in [0.2, 0.25) is 0 Å². The molecule has 1 atom stereocenters. The molecule has 130 valence electrons. The number of amides is 1. The van der Waals surface area contributed by atoms with Crippen molar-refractivity contribution in [1.82, 2.24) is 4.90 Å². The predicted molar refractivity (Wildman–Crippen MR) is 93.4 cm³/mol. The Morgan fingerprint density at radius 3 is 2.56 bits per heavy atom. The number of rotatable bonds is 4. The summed E-state index contributed by atoms with van der Waals surface area (Å²) in [5.74, 6) is -0.223. The van der Waals surface area contributed by atoms with Crippen molar-refractivity contribution < 1.29 is 19.4 Å². The first-order valence-corrected chi connectivity index (χ1v) is 8.70. The number of carbonyl (C=O) groups excluding carboxylic acids is 1. The second kappa shape index (κ2) is 6.06. The number of piperidine rings is 1. The van der Waals surface area contributed by atoms with Gasteiger partial charge in [0, 0.05) is 18.5 Å². The molecular weight excluding hydrogens is 318 g/mol. The van der Waals surface area contributed by atoms with Gasteiger partial charge in [0.15, 0.2) is 6.61 Å². The van der Waals surface area contributed by atoms with Gasteiger partial charge < -0.3 is 14.7 Å². The van der Waals surface area contributed by atoms with Gasteiger partial charge in [-0.05, 0) is 36.1 Å². The standard InChI is InChI=1S/C20H21NO4/c22-18(21-10-8-20(9-11-21)12-16(20)19(23)24)13-25-17-7-3-5-14-4-1-2-6-15(14)17/h1-7,16H,8-13H2,(H,23,24). The Bertz CT molecular complexity index is 818. The number of aliphatic carboxylic acids is 1. The highest BCUT2D eigenvalue weighted by Crippen LogP contribution is 2.59. The lowest BCUT2D eigenvalue weighted by molar-refractivity contribution is -0.140. The molecule has 2 fully saturated rings. The van der Waals surface area contributed by atoms with Crippen LogP contribution in [0.1, 0.15) is 19.3 Å². The number of carboxylic acid groups (broad SMARTS) is 1. The molecule has 2 aromatic carbocycles. The number of carbonyl (C=O) groups is 2. The molecule has 1 aliphatic carbocycles. The average molecular weight is 339 g/mol. The van der Waals surface area contributed by atoms with E-state index in [4.69, 9.17) is 9.84 Å². The van der Waals surface area contributed by atoms with Gasteiger partial charge in [-0.1, -0.05) is 36.4 Å². The summed E-state index contributed by atoms with van der Waals surface area (Å²) in [7, 11) is 0. The summed E-state index contributed by atoms with van der Waals surface area (Å²) in [6.45, 7) is 1.27. The van der Waals surface area contributed by atoms with Gasteiger partial charge >= 0.3 is 5.97 Å². The van der Waals surface area contributed by atoms with E-state index in [-0.39, 0.29) is 23.8 Å². The lowest BCUT2D eigenvalue weighted by atomic mass is 9.91. The summed E-state index contributed by atoms with van der Waals surface area (Å²) in [5, 5.41) is 11.2. The van der Waals surface area contributed by atoms with Gasteiger partial charge in [0.1, 0.15) is 5.75 Å². The molecule has 5 nitrogen and oxygen atoms in total. The molecule has 25 heavy (non-hydrogen) atoms. The fraction of sp³-hybridized carbons (Fsp3) is 0.400. The van der Waals surface area contributed by atoms with Crippen molar-refractivity contribution in [3.8, 4) is 5.75 Å². The molecule has 1 saturated heterocycles. The van der Waals surface area contributed by atoms with Crippen molar-refractivity contribution in [3.63, 3.8) is 0 Å². The van der Waals surface area contributed by atoms with Crippen LogP contribution < -0.4 is 4.74 Å². The first kappa shape index (κ1) is 15.9. The van der Waals surface area contributed by atoms with Crippen LogP contribution >= 0.6 is 0 Å². The summed E-state index contributed by atoms with van der Waals surface area (Å²) < 4.78 is 5.78. The molecule has 4 rings (SSSR count). The Morgan fingerprint density at radius 2 is 1.84 bits per heavy atom. The normalized spacial score (nSPS) is 21.3. The predicted octanol–water partition coefficient (Wildman–Crippen LogP) is 2.93. The van der Waals surface area contributed by atoms with Gasteiger partial charge in [-0.15, -0.1) is 0 Å². The summed E-state index contributed by atoms with van der Waals surface area (Å²) in [6, 6.07) is 13.7. The Morgan fingerprint density at radius 1 is 1.12 bits per heavy atom. The lowest BCUT2D eigenvalue weighted by Gasteiger charge is -2.32. The van der Waals surface area contributed by atoms with Crippen molar-refractivity contribution in [3.05, 3.63) is 42.5 Å². The molecule has 0 radical (unpaired) electrons. The van der Waals surface area contributed by atoms with Crippen LogP contribution in [0.15, 0.2) is 42.5 Å². The molecule has 1 amide bonds. The smallest absolute Gasteiger partial charge is 0.307 e. The van der Waals surface area contributed by atoms with Crippen LogP contribution in [-0.2, 0) is 9.59 Å². The number of ether oxygens (including phenoxy) is 1. The number of benzene rings is 2. The van der Waals surface area contributed by atoms with E-state index in [1.54, 1.807) is 4.90 Å². The van der Waals surface area contributed by atoms with Crippen LogP contribution in [0.3, 0.4) is 0 Å². The number of hydrogen-bond donors (Lipinski definition) is 1. The van der Waals surface area contributed by atoms with Crippen molar-refractivity contribution in [2.75, 3.05) is 19.7 Å². The van der Waals surface area contributed by atoms with Gasteiger partial charge in [-0.3, -0.25) is 9.59 Å². The van der Waals surface area contributed by atoms with Gasteiger partial charge in [-0.2, -0.15) is 0 Å². The summed E-state index contributed by atoms with van der Waals surface area (Å²) >= 11 is 0. The van der Waals surface area contributed by atoms with Crippen LogP contribution in [0.5, 0.6) is 5.75 Å². The third-order valence-electron chi connectivity index (χ3n) is 5.70. The quantitative estimate of drug-likeness (QED) is 0.930. The van der Waals surface area contributed by atoms with E-state index in [0.717, 1.165) is 30.0 Å². The molecule has 1 N–H and O–H groups in total. The molecule has 5 heteroatoms. The highest BCUT2D eigenvalue weighted by molar-refractivity contribution is 5.88. The molecule has 1 aliphatic heterocycles. The number of hydrogen-bond acceptors (Lipinski definition) is 3. The topological polar surface area (TPSA) is 66.8 Å². The number of fused-ring (bicyclic) bond motifs is 1. The van der Waals surface area contributed by atoms with E-state index in [0.29, 0.717) is 18.8 Å². The van der Waals surface area contributed by atoms with E-state index in [2.05, 4.69) is 0 Å². The average Bonchev–Trinajstić information content (AvgIpc) is 3.34. The monoisotopic (exact) mass is 339 g/mol. The highest BCUT2D eigenvalue weighted by atomic mass is 16.5. The Hall–Kier alpha value is -2.56. The van der Waals surface area contributed by atoms with Crippen LogP contribution in [0.2, 0.25) is 0 Å². The number of carboxylic acids is 1. The van der Waals surface area contributed by atoms with Crippen LogP contribution in [-0.4, -0.2) is 41.6 Å². The second-order valence-corrected chi connectivity index (χ2v) is 7.10. The minimum Gasteiger partial charge on any atom is -0.483 e. The maximum atomic E-state index is 12.4. The molecule has 0 bridgehead atoms. The van der Waals surface area contributed by atoms with Crippen molar-refractivity contribution in [2.45, 2.75) is 19.3 Å². The SMILES string of the molecule is O=C(O)C1CC12CCN(C(=O)COc1cccc3ccccc13)CC2. The van der Waals surface area contributed by atoms with E-state index in [1.807, 2.05) is 42.5 Å². The van der Waals surface area contributed by atoms with Crippen molar-refractivity contribution in [2.24, 2.45) is 11.3 Å². The minimum atomic E-state index is -0.695. The molecule has 1 heterocycles. The minimum absolute atomic E-state index is 0.0172. The zero-order valence-corrected chi connectivity index (χ0v) is 14.0.